The van der Waals surface area contributed by atoms with Crippen molar-refractivity contribution in [2.75, 3.05) is 32.3 Å². The fourth-order valence-corrected chi connectivity index (χ4v) is 5.00. The molecule has 2 fully saturated rings. The Morgan fingerprint density at radius 1 is 1.17 bits per heavy atom. The van der Waals surface area contributed by atoms with E-state index in [1.807, 2.05) is 41.3 Å². The SMILES string of the molecule is CO[C@@H]1C[C@H]2CN(C(=O)Cc3ccc4c(c3)OCO4)C[C@H]2C[C@H]1Nc1ccccn1. The van der Waals surface area contributed by atoms with Gasteiger partial charge in [-0.1, -0.05) is 12.1 Å². The lowest BCUT2D eigenvalue weighted by atomic mass is 9.77. The van der Waals surface area contributed by atoms with Crippen molar-refractivity contribution in [3.8, 4) is 11.5 Å². The first-order chi connectivity index (χ1) is 14.7. The summed E-state index contributed by atoms with van der Waals surface area (Å²) in [5.41, 5.74) is 0.962. The Labute approximate surface area is 176 Å². The van der Waals surface area contributed by atoms with Crippen LogP contribution in [0.4, 0.5) is 5.82 Å². The number of methoxy groups -OCH3 is 1. The van der Waals surface area contributed by atoms with Crippen LogP contribution in [0.1, 0.15) is 18.4 Å². The summed E-state index contributed by atoms with van der Waals surface area (Å²) in [7, 11) is 1.77. The van der Waals surface area contributed by atoms with Gasteiger partial charge >= 0.3 is 0 Å². The summed E-state index contributed by atoms with van der Waals surface area (Å²) in [4.78, 5) is 19.4. The van der Waals surface area contributed by atoms with Gasteiger partial charge in [-0.3, -0.25) is 4.79 Å². The number of nitrogens with one attached hydrogen (secondary N) is 1. The van der Waals surface area contributed by atoms with Crippen LogP contribution in [-0.4, -0.2) is 54.9 Å². The van der Waals surface area contributed by atoms with Crippen molar-refractivity contribution < 1.29 is 19.0 Å². The Balaban J connectivity index is 1.22. The second-order valence-electron chi connectivity index (χ2n) is 8.39. The Hall–Kier alpha value is -2.80. The number of fused-ring (bicyclic) bond motifs is 2. The molecule has 3 aliphatic rings. The first-order valence-corrected chi connectivity index (χ1v) is 10.6. The fraction of sp³-hybridized carbons (Fsp3) is 0.478. The number of benzene rings is 1. The van der Waals surface area contributed by atoms with Gasteiger partial charge in [-0.25, -0.2) is 4.98 Å². The lowest BCUT2D eigenvalue weighted by Gasteiger charge is -2.37. The van der Waals surface area contributed by atoms with E-state index in [4.69, 9.17) is 14.2 Å². The molecule has 1 aromatic carbocycles. The number of carbonyl (C=O) groups excluding carboxylic acids is 1. The van der Waals surface area contributed by atoms with E-state index in [0.29, 0.717) is 18.3 Å². The zero-order chi connectivity index (χ0) is 20.5. The molecule has 4 atom stereocenters. The molecule has 1 aromatic heterocycles. The van der Waals surface area contributed by atoms with Crippen LogP contribution in [-0.2, 0) is 16.0 Å². The molecule has 1 aliphatic carbocycles. The predicted octanol–water partition coefficient (Wildman–Crippen LogP) is 2.72. The van der Waals surface area contributed by atoms with Crippen molar-refractivity contribution in [3.05, 3.63) is 48.2 Å². The molecule has 5 rings (SSSR count). The highest BCUT2D eigenvalue weighted by atomic mass is 16.7. The van der Waals surface area contributed by atoms with Gasteiger partial charge in [0.1, 0.15) is 5.82 Å². The Morgan fingerprint density at radius 2 is 2.00 bits per heavy atom. The Bertz CT molecular complexity index is 907. The van der Waals surface area contributed by atoms with Crippen molar-refractivity contribution in [1.82, 2.24) is 9.88 Å². The van der Waals surface area contributed by atoms with Crippen molar-refractivity contribution in [2.45, 2.75) is 31.4 Å². The third kappa shape index (κ3) is 3.81. The van der Waals surface area contributed by atoms with Gasteiger partial charge < -0.3 is 24.4 Å². The first-order valence-electron chi connectivity index (χ1n) is 10.6. The predicted molar refractivity (Wildman–Crippen MR) is 112 cm³/mol. The molecular formula is C23H27N3O4. The largest absolute Gasteiger partial charge is 0.454 e. The number of rotatable bonds is 5. The number of amides is 1. The molecule has 158 valence electrons. The van der Waals surface area contributed by atoms with E-state index >= 15 is 0 Å². The van der Waals surface area contributed by atoms with Gasteiger partial charge in [0.15, 0.2) is 11.5 Å². The molecule has 0 radical (unpaired) electrons. The summed E-state index contributed by atoms with van der Waals surface area (Å²) >= 11 is 0. The first kappa shape index (κ1) is 19.2. The van der Waals surface area contributed by atoms with Crippen molar-refractivity contribution >= 4 is 11.7 Å². The van der Waals surface area contributed by atoms with E-state index in [1.165, 1.54) is 0 Å². The standard InChI is InChI=1S/C23H27N3O4/c1-28-20-11-17-13-26(12-16(17)10-18(20)25-22-4-2-3-7-24-22)23(27)9-15-5-6-19-21(8-15)30-14-29-19/h2-8,16-18,20H,9-14H2,1H3,(H,24,25)/t16-,17+,18-,20-/m1/s1. The zero-order valence-electron chi connectivity index (χ0n) is 17.1. The minimum Gasteiger partial charge on any atom is -0.454 e. The van der Waals surface area contributed by atoms with Gasteiger partial charge in [0.05, 0.1) is 18.6 Å². The van der Waals surface area contributed by atoms with Crippen LogP contribution in [0.2, 0.25) is 0 Å². The average molecular weight is 409 g/mol. The zero-order valence-corrected chi connectivity index (χ0v) is 17.1. The summed E-state index contributed by atoms with van der Waals surface area (Å²) < 4.78 is 16.6. The quantitative estimate of drug-likeness (QED) is 0.819. The Kier molecular flexibility index (Phi) is 5.21. The fourth-order valence-electron chi connectivity index (χ4n) is 5.00. The van der Waals surface area contributed by atoms with Gasteiger partial charge in [-0.05, 0) is 54.5 Å². The number of ether oxygens (including phenoxy) is 3. The summed E-state index contributed by atoms with van der Waals surface area (Å²) in [5.74, 6) is 3.48. The number of likely N-dealkylation sites (tertiary alicyclic amines) is 1. The van der Waals surface area contributed by atoms with Gasteiger partial charge in [0, 0.05) is 26.4 Å². The van der Waals surface area contributed by atoms with Crippen molar-refractivity contribution in [1.29, 1.82) is 0 Å². The van der Waals surface area contributed by atoms with E-state index in [2.05, 4.69) is 10.3 Å². The molecule has 2 aliphatic heterocycles. The van der Waals surface area contributed by atoms with Crippen LogP contribution in [0.5, 0.6) is 11.5 Å². The van der Waals surface area contributed by atoms with E-state index in [9.17, 15) is 4.79 Å². The van der Waals surface area contributed by atoms with Crippen molar-refractivity contribution in [3.63, 3.8) is 0 Å². The molecule has 0 unspecified atom stereocenters. The highest BCUT2D eigenvalue weighted by Gasteiger charge is 2.43. The summed E-state index contributed by atoms with van der Waals surface area (Å²) in [6, 6.07) is 11.8. The second kappa shape index (κ2) is 8.14. The molecule has 7 nitrogen and oxygen atoms in total. The van der Waals surface area contributed by atoms with Crippen LogP contribution in [0.15, 0.2) is 42.6 Å². The monoisotopic (exact) mass is 409 g/mol. The third-order valence-corrected chi connectivity index (χ3v) is 6.56. The van der Waals surface area contributed by atoms with E-state index in [1.54, 1.807) is 13.3 Å². The van der Waals surface area contributed by atoms with E-state index in [-0.39, 0.29) is 24.8 Å². The molecule has 0 spiro atoms. The molecule has 3 heterocycles. The lowest BCUT2D eigenvalue weighted by Crippen LogP contribution is -2.44. The topological polar surface area (TPSA) is 72.9 Å². The summed E-state index contributed by atoms with van der Waals surface area (Å²) in [6.45, 7) is 1.87. The summed E-state index contributed by atoms with van der Waals surface area (Å²) in [5, 5.41) is 3.54. The highest BCUT2D eigenvalue weighted by molar-refractivity contribution is 5.79. The van der Waals surface area contributed by atoms with Crippen LogP contribution < -0.4 is 14.8 Å². The summed E-state index contributed by atoms with van der Waals surface area (Å²) in [6.07, 6.45) is 4.24. The normalized spacial score (nSPS) is 27.0. The second-order valence-corrected chi connectivity index (χ2v) is 8.39. The highest BCUT2D eigenvalue weighted by Crippen LogP contribution is 2.39. The number of pyridine rings is 1. The maximum atomic E-state index is 13.0. The smallest absolute Gasteiger partial charge is 0.231 e. The minimum atomic E-state index is 0.122. The number of nitrogens with zero attached hydrogens (tertiary/aromatic N) is 2. The van der Waals surface area contributed by atoms with Crippen LogP contribution in [0.3, 0.4) is 0 Å². The van der Waals surface area contributed by atoms with Crippen molar-refractivity contribution in [2.24, 2.45) is 11.8 Å². The molecule has 2 aromatic rings. The lowest BCUT2D eigenvalue weighted by molar-refractivity contribution is -0.129. The third-order valence-electron chi connectivity index (χ3n) is 6.56. The number of carbonyl (C=O) groups is 1. The van der Waals surface area contributed by atoms with Gasteiger partial charge in [-0.15, -0.1) is 0 Å². The van der Waals surface area contributed by atoms with Gasteiger partial charge in [-0.2, -0.15) is 0 Å². The maximum absolute atomic E-state index is 13.0. The number of aromatic nitrogens is 1. The number of hydrogen-bond acceptors (Lipinski definition) is 6. The number of hydrogen-bond donors (Lipinski definition) is 1. The van der Waals surface area contributed by atoms with Crippen LogP contribution in [0, 0.1) is 11.8 Å². The number of anilines is 1. The molecule has 1 saturated carbocycles. The molecule has 7 heteroatoms. The van der Waals surface area contributed by atoms with Crippen LogP contribution in [0.25, 0.3) is 0 Å². The van der Waals surface area contributed by atoms with E-state index in [0.717, 1.165) is 48.8 Å². The van der Waals surface area contributed by atoms with Crippen LogP contribution >= 0.6 is 0 Å². The maximum Gasteiger partial charge on any atom is 0.231 e. The molecule has 1 saturated heterocycles. The molecule has 1 N–H and O–H groups in total. The average Bonchev–Trinajstić information content (AvgIpc) is 3.40. The minimum absolute atomic E-state index is 0.122. The van der Waals surface area contributed by atoms with E-state index < -0.39 is 0 Å². The molecular weight excluding hydrogens is 382 g/mol. The van der Waals surface area contributed by atoms with Gasteiger partial charge in [0.2, 0.25) is 12.7 Å². The molecule has 0 bridgehead atoms. The van der Waals surface area contributed by atoms with Gasteiger partial charge in [0.25, 0.3) is 0 Å². The Morgan fingerprint density at radius 3 is 2.80 bits per heavy atom. The molecule has 1 amide bonds. The molecule has 30 heavy (non-hydrogen) atoms.